The first-order valence-electron chi connectivity index (χ1n) is 7.49. The van der Waals surface area contributed by atoms with E-state index >= 15 is 0 Å². The quantitative estimate of drug-likeness (QED) is 0.838. The van der Waals surface area contributed by atoms with Crippen LogP contribution in [0.4, 0.5) is 0 Å². The van der Waals surface area contributed by atoms with Crippen molar-refractivity contribution in [2.75, 3.05) is 6.61 Å². The summed E-state index contributed by atoms with van der Waals surface area (Å²) in [6.45, 7) is 4.78. The number of aliphatic hydroxyl groups excluding tert-OH is 1. The molecule has 0 spiro atoms. The van der Waals surface area contributed by atoms with Crippen molar-refractivity contribution in [3.63, 3.8) is 0 Å². The van der Waals surface area contributed by atoms with Crippen molar-refractivity contribution >= 4 is 5.91 Å². The molecule has 2 rings (SSSR count). The molecule has 1 saturated carbocycles. The van der Waals surface area contributed by atoms with Crippen molar-refractivity contribution < 1.29 is 9.90 Å². The Morgan fingerprint density at radius 3 is 2.67 bits per heavy atom. The molecular weight excluding hydrogens is 262 g/mol. The van der Waals surface area contributed by atoms with E-state index in [1.165, 1.54) is 0 Å². The lowest BCUT2D eigenvalue weighted by Crippen LogP contribution is -2.35. The van der Waals surface area contributed by atoms with Crippen molar-refractivity contribution in [1.82, 2.24) is 5.32 Å². The third kappa shape index (κ3) is 4.09. The SMILES string of the molecule is CC1(C)CCCC1C(=O)NCc1ccc(C#CCO)cc1. The number of carbonyl (C=O) groups excluding carboxylic acids is 1. The van der Waals surface area contributed by atoms with E-state index in [1.54, 1.807) is 0 Å². The molecular formula is C18H23NO2. The lowest BCUT2D eigenvalue weighted by atomic mass is 9.81. The van der Waals surface area contributed by atoms with Gasteiger partial charge in [0.25, 0.3) is 0 Å². The third-order valence-corrected chi connectivity index (χ3v) is 4.31. The summed E-state index contributed by atoms with van der Waals surface area (Å²) in [6.07, 6.45) is 3.27. The van der Waals surface area contributed by atoms with Crippen LogP contribution in [-0.4, -0.2) is 17.6 Å². The molecule has 21 heavy (non-hydrogen) atoms. The summed E-state index contributed by atoms with van der Waals surface area (Å²) in [5.41, 5.74) is 2.05. The molecule has 0 heterocycles. The van der Waals surface area contributed by atoms with Crippen molar-refractivity contribution in [3.8, 4) is 11.8 Å². The molecule has 2 N–H and O–H groups in total. The fraction of sp³-hybridized carbons (Fsp3) is 0.500. The molecule has 0 aliphatic heterocycles. The molecule has 1 aromatic carbocycles. The standard InChI is InChI=1S/C18H23NO2/c1-18(2)11-3-6-16(18)17(21)19-13-15-9-7-14(8-10-15)5-4-12-20/h7-10,16,20H,3,6,11-13H2,1-2H3,(H,19,21). The summed E-state index contributed by atoms with van der Waals surface area (Å²) in [5, 5.41) is 11.7. The van der Waals surface area contributed by atoms with Crippen LogP contribution < -0.4 is 5.32 Å². The number of hydrogen-bond acceptors (Lipinski definition) is 2. The molecule has 0 bridgehead atoms. The van der Waals surface area contributed by atoms with Gasteiger partial charge in [-0.15, -0.1) is 0 Å². The van der Waals surface area contributed by atoms with E-state index in [1.807, 2.05) is 24.3 Å². The van der Waals surface area contributed by atoms with E-state index < -0.39 is 0 Å². The molecule has 0 saturated heterocycles. The molecule has 1 fully saturated rings. The number of amides is 1. The maximum atomic E-state index is 12.3. The number of aliphatic hydroxyl groups is 1. The highest BCUT2D eigenvalue weighted by Gasteiger charge is 2.38. The van der Waals surface area contributed by atoms with Gasteiger partial charge in [-0.1, -0.05) is 44.2 Å². The number of hydrogen-bond donors (Lipinski definition) is 2. The zero-order valence-corrected chi connectivity index (χ0v) is 12.8. The van der Waals surface area contributed by atoms with Gasteiger partial charge in [0.15, 0.2) is 0 Å². The van der Waals surface area contributed by atoms with Gasteiger partial charge in [-0.05, 0) is 36.0 Å². The van der Waals surface area contributed by atoms with Gasteiger partial charge in [0.05, 0.1) is 0 Å². The Balaban J connectivity index is 1.89. The topological polar surface area (TPSA) is 49.3 Å². The fourth-order valence-corrected chi connectivity index (χ4v) is 2.97. The highest BCUT2D eigenvalue weighted by molar-refractivity contribution is 5.79. The largest absolute Gasteiger partial charge is 0.384 e. The molecule has 1 atom stereocenters. The Kier molecular flexibility index (Phi) is 5.03. The molecule has 112 valence electrons. The predicted octanol–water partition coefficient (Wildman–Crippen LogP) is 2.47. The Morgan fingerprint density at radius 2 is 2.10 bits per heavy atom. The highest BCUT2D eigenvalue weighted by Crippen LogP contribution is 2.42. The summed E-state index contributed by atoms with van der Waals surface area (Å²) >= 11 is 0. The average Bonchev–Trinajstić information content (AvgIpc) is 2.83. The normalized spacial score (nSPS) is 19.7. The minimum atomic E-state index is -0.130. The van der Waals surface area contributed by atoms with E-state index in [0.717, 1.165) is 30.4 Å². The maximum Gasteiger partial charge on any atom is 0.223 e. The molecule has 0 radical (unpaired) electrons. The van der Waals surface area contributed by atoms with Gasteiger partial charge in [-0.25, -0.2) is 0 Å². The summed E-state index contributed by atoms with van der Waals surface area (Å²) in [7, 11) is 0. The zero-order valence-electron chi connectivity index (χ0n) is 12.8. The van der Waals surface area contributed by atoms with Crippen LogP contribution in [0, 0.1) is 23.2 Å². The summed E-state index contributed by atoms with van der Waals surface area (Å²) in [6, 6.07) is 7.73. The number of rotatable bonds is 3. The second kappa shape index (κ2) is 6.78. The molecule has 3 nitrogen and oxygen atoms in total. The van der Waals surface area contributed by atoms with E-state index in [-0.39, 0.29) is 23.8 Å². The maximum absolute atomic E-state index is 12.3. The molecule has 1 aliphatic carbocycles. The van der Waals surface area contributed by atoms with Crippen molar-refractivity contribution in [3.05, 3.63) is 35.4 Å². The Labute approximate surface area is 126 Å². The van der Waals surface area contributed by atoms with Gasteiger partial charge in [0, 0.05) is 18.0 Å². The predicted molar refractivity (Wildman–Crippen MR) is 83.4 cm³/mol. The van der Waals surface area contributed by atoms with Gasteiger partial charge >= 0.3 is 0 Å². The van der Waals surface area contributed by atoms with Crippen molar-refractivity contribution in [2.45, 2.75) is 39.7 Å². The molecule has 1 aliphatic rings. The number of benzene rings is 1. The van der Waals surface area contributed by atoms with Crippen LogP contribution in [-0.2, 0) is 11.3 Å². The van der Waals surface area contributed by atoms with Crippen LogP contribution >= 0.6 is 0 Å². The number of nitrogens with one attached hydrogen (secondary N) is 1. The lowest BCUT2D eigenvalue weighted by molar-refractivity contribution is -0.127. The molecule has 3 heteroatoms. The first-order valence-corrected chi connectivity index (χ1v) is 7.49. The summed E-state index contributed by atoms with van der Waals surface area (Å²) in [5.74, 6) is 5.77. The van der Waals surface area contributed by atoms with Crippen LogP contribution in [0.1, 0.15) is 44.2 Å². The van der Waals surface area contributed by atoms with Crippen LogP contribution in [0.15, 0.2) is 24.3 Å². The highest BCUT2D eigenvalue weighted by atomic mass is 16.2. The first kappa shape index (κ1) is 15.6. The van der Waals surface area contributed by atoms with Crippen molar-refractivity contribution in [1.29, 1.82) is 0 Å². The first-order chi connectivity index (χ1) is 10.0. The van der Waals surface area contributed by atoms with Gasteiger partial charge in [0.1, 0.15) is 6.61 Å². The van der Waals surface area contributed by atoms with Crippen LogP contribution in [0.3, 0.4) is 0 Å². The monoisotopic (exact) mass is 285 g/mol. The van der Waals surface area contributed by atoms with Crippen LogP contribution in [0.2, 0.25) is 0 Å². The second-order valence-electron chi connectivity index (χ2n) is 6.31. The van der Waals surface area contributed by atoms with E-state index in [2.05, 4.69) is 31.0 Å². The van der Waals surface area contributed by atoms with E-state index in [4.69, 9.17) is 5.11 Å². The third-order valence-electron chi connectivity index (χ3n) is 4.31. The van der Waals surface area contributed by atoms with Gasteiger partial charge < -0.3 is 10.4 Å². The van der Waals surface area contributed by atoms with Gasteiger partial charge in [-0.3, -0.25) is 4.79 Å². The molecule has 1 amide bonds. The van der Waals surface area contributed by atoms with Crippen molar-refractivity contribution in [2.24, 2.45) is 11.3 Å². The van der Waals surface area contributed by atoms with Gasteiger partial charge in [-0.2, -0.15) is 0 Å². The molecule has 0 aromatic heterocycles. The Hall–Kier alpha value is -1.79. The Bertz CT molecular complexity index is 549. The smallest absolute Gasteiger partial charge is 0.223 e. The summed E-state index contributed by atoms with van der Waals surface area (Å²) < 4.78 is 0. The molecule has 1 unspecified atom stereocenters. The van der Waals surface area contributed by atoms with Crippen LogP contribution in [0.25, 0.3) is 0 Å². The minimum absolute atomic E-state index is 0.119. The summed E-state index contributed by atoms with van der Waals surface area (Å²) in [4.78, 5) is 12.3. The van der Waals surface area contributed by atoms with Crippen LogP contribution in [0.5, 0.6) is 0 Å². The lowest BCUT2D eigenvalue weighted by Gasteiger charge is -2.25. The number of carbonyl (C=O) groups is 1. The second-order valence-corrected chi connectivity index (χ2v) is 6.31. The fourth-order valence-electron chi connectivity index (χ4n) is 2.97. The van der Waals surface area contributed by atoms with Gasteiger partial charge in [0.2, 0.25) is 5.91 Å². The minimum Gasteiger partial charge on any atom is -0.384 e. The van der Waals surface area contributed by atoms with E-state index in [9.17, 15) is 4.79 Å². The Morgan fingerprint density at radius 1 is 1.38 bits per heavy atom. The van der Waals surface area contributed by atoms with E-state index in [0.29, 0.717) is 6.54 Å². The average molecular weight is 285 g/mol. The molecule has 1 aromatic rings. The zero-order chi connectivity index (χ0) is 15.3.